The van der Waals surface area contributed by atoms with Gasteiger partial charge >= 0.3 is 5.97 Å². The van der Waals surface area contributed by atoms with E-state index in [9.17, 15) is 14.0 Å². The first kappa shape index (κ1) is 18.7. The summed E-state index contributed by atoms with van der Waals surface area (Å²) in [5, 5.41) is 2.66. The van der Waals surface area contributed by atoms with Crippen molar-refractivity contribution in [2.24, 2.45) is 0 Å². The third-order valence-electron chi connectivity index (χ3n) is 3.84. The van der Waals surface area contributed by atoms with Crippen molar-refractivity contribution in [2.45, 2.75) is 20.8 Å². The van der Waals surface area contributed by atoms with Crippen LogP contribution in [0, 0.1) is 26.6 Å². The molecule has 2 N–H and O–H groups in total. The molecule has 0 saturated heterocycles. The fourth-order valence-electron chi connectivity index (χ4n) is 2.49. The van der Waals surface area contributed by atoms with Crippen molar-refractivity contribution in [2.75, 3.05) is 25.6 Å². The molecule has 0 aliphatic heterocycles. The third kappa shape index (κ3) is 4.24. The van der Waals surface area contributed by atoms with Gasteiger partial charge in [0.05, 0.1) is 12.2 Å². The van der Waals surface area contributed by atoms with Gasteiger partial charge in [-0.05, 0) is 44.0 Å². The normalized spacial score (nSPS) is 10.6. The molecule has 0 aliphatic carbocycles. The smallest absolute Gasteiger partial charge is 0.340 e. The van der Waals surface area contributed by atoms with Gasteiger partial charge in [-0.25, -0.2) is 9.18 Å². The SMILES string of the molecule is COCCOC(=O)c1c(C)[nH]c(C(=O)Nc2cc(F)ccc2C)c1C. The maximum Gasteiger partial charge on any atom is 0.340 e. The Morgan fingerprint density at radius 3 is 2.60 bits per heavy atom. The van der Waals surface area contributed by atoms with Crippen LogP contribution in [0.15, 0.2) is 18.2 Å². The highest BCUT2D eigenvalue weighted by Crippen LogP contribution is 2.22. The van der Waals surface area contributed by atoms with E-state index in [0.717, 1.165) is 5.56 Å². The van der Waals surface area contributed by atoms with Gasteiger partial charge < -0.3 is 19.8 Å². The van der Waals surface area contributed by atoms with Crippen LogP contribution in [0.5, 0.6) is 0 Å². The number of hydrogen-bond donors (Lipinski definition) is 2. The highest BCUT2D eigenvalue weighted by atomic mass is 19.1. The van der Waals surface area contributed by atoms with Gasteiger partial charge in [0.1, 0.15) is 18.1 Å². The van der Waals surface area contributed by atoms with Gasteiger partial charge in [0.25, 0.3) is 5.91 Å². The number of halogens is 1. The number of ether oxygens (including phenoxy) is 2. The number of anilines is 1. The second-order valence-corrected chi connectivity index (χ2v) is 5.67. The molecule has 1 amide bonds. The minimum atomic E-state index is -0.524. The van der Waals surface area contributed by atoms with Crippen molar-refractivity contribution >= 4 is 17.6 Å². The van der Waals surface area contributed by atoms with Gasteiger partial charge in [0, 0.05) is 18.5 Å². The zero-order valence-electron chi connectivity index (χ0n) is 14.7. The molecule has 0 bridgehead atoms. The Morgan fingerprint density at radius 1 is 1.20 bits per heavy atom. The number of H-pyrrole nitrogens is 1. The number of methoxy groups -OCH3 is 1. The molecule has 1 heterocycles. The molecule has 0 aliphatic rings. The molecule has 25 heavy (non-hydrogen) atoms. The average Bonchev–Trinajstić information content (AvgIpc) is 2.86. The summed E-state index contributed by atoms with van der Waals surface area (Å²) in [7, 11) is 1.51. The van der Waals surface area contributed by atoms with Crippen LogP contribution in [-0.2, 0) is 9.47 Å². The highest BCUT2D eigenvalue weighted by Gasteiger charge is 2.23. The molecule has 1 aromatic heterocycles. The lowest BCUT2D eigenvalue weighted by Gasteiger charge is -2.08. The summed E-state index contributed by atoms with van der Waals surface area (Å²) < 4.78 is 23.3. The van der Waals surface area contributed by atoms with Crippen molar-refractivity contribution < 1.29 is 23.5 Å². The summed E-state index contributed by atoms with van der Waals surface area (Å²) in [6.45, 7) is 5.53. The zero-order chi connectivity index (χ0) is 18.6. The number of carbonyl (C=O) groups excluding carboxylic acids is 2. The Morgan fingerprint density at radius 2 is 1.92 bits per heavy atom. The zero-order valence-corrected chi connectivity index (χ0v) is 14.7. The van der Waals surface area contributed by atoms with Crippen LogP contribution in [0.4, 0.5) is 10.1 Å². The van der Waals surface area contributed by atoms with Crippen molar-refractivity contribution in [1.29, 1.82) is 0 Å². The first-order valence-electron chi connectivity index (χ1n) is 7.77. The Balaban J connectivity index is 2.22. The van der Waals surface area contributed by atoms with Gasteiger partial charge in [0.2, 0.25) is 0 Å². The quantitative estimate of drug-likeness (QED) is 0.621. The van der Waals surface area contributed by atoms with E-state index in [2.05, 4.69) is 10.3 Å². The van der Waals surface area contributed by atoms with Crippen LogP contribution in [0.3, 0.4) is 0 Å². The molecule has 2 aromatic rings. The van der Waals surface area contributed by atoms with Crippen LogP contribution < -0.4 is 5.32 Å². The van der Waals surface area contributed by atoms with Crippen LogP contribution in [0.1, 0.15) is 37.7 Å². The Bertz CT molecular complexity index is 799. The summed E-state index contributed by atoms with van der Waals surface area (Å²) in [5.41, 5.74) is 2.67. The van der Waals surface area contributed by atoms with E-state index >= 15 is 0 Å². The number of aromatic amines is 1. The summed E-state index contributed by atoms with van der Waals surface area (Å²) in [6.07, 6.45) is 0. The van der Waals surface area contributed by atoms with Crippen LogP contribution in [0.25, 0.3) is 0 Å². The van der Waals surface area contributed by atoms with Gasteiger partial charge in [-0.1, -0.05) is 6.07 Å². The lowest BCUT2D eigenvalue weighted by Crippen LogP contribution is -2.15. The minimum absolute atomic E-state index is 0.128. The second-order valence-electron chi connectivity index (χ2n) is 5.67. The minimum Gasteiger partial charge on any atom is -0.460 e. The molecule has 0 unspecified atom stereocenters. The van der Waals surface area contributed by atoms with E-state index in [4.69, 9.17) is 9.47 Å². The van der Waals surface area contributed by atoms with E-state index in [0.29, 0.717) is 29.1 Å². The number of aryl methyl sites for hydroxylation is 2. The second kappa shape index (κ2) is 7.94. The standard InChI is InChI=1S/C18H21FN2O4/c1-10-5-6-13(19)9-14(10)21-17(22)16-11(2)15(12(3)20-16)18(23)25-8-7-24-4/h5-6,9,20H,7-8H2,1-4H3,(H,21,22). The monoisotopic (exact) mass is 348 g/mol. The van der Waals surface area contributed by atoms with Crippen LogP contribution in [0.2, 0.25) is 0 Å². The van der Waals surface area contributed by atoms with E-state index in [1.165, 1.54) is 19.2 Å². The van der Waals surface area contributed by atoms with Crippen LogP contribution in [-0.4, -0.2) is 37.2 Å². The number of esters is 1. The summed E-state index contributed by atoms with van der Waals surface area (Å²) in [6, 6.07) is 4.15. The van der Waals surface area contributed by atoms with Gasteiger partial charge in [-0.3, -0.25) is 4.79 Å². The molecule has 7 heteroatoms. The Labute approximate surface area is 145 Å². The van der Waals surface area contributed by atoms with Crippen molar-refractivity contribution in [1.82, 2.24) is 4.98 Å². The van der Waals surface area contributed by atoms with E-state index in [-0.39, 0.29) is 12.3 Å². The van der Waals surface area contributed by atoms with E-state index < -0.39 is 17.7 Å². The first-order chi connectivity index (χ1) is 11.8. The van der Waals surface area contributed by atoms with Crippen molar-refractivity contribution in [3.63, 3.8) is 0 Å². The molecule has 0 fully saturated rings. The first-order valence-corrected chi connectivity index (χ1v) is 7.77. The van der Waals surface area contributed by atoms with E-state index in [1.807, 2.05) is 0 Å². The number of aromatic nitrogens is 1. The summed E-state index contributed by atoms with van der Waals surface area (Å²) in [4.78, 5) is 27.6. The maximum atomic E-state index is 13.4. The molecule has 1 aromatic carbocycles. The van der Waals surface area contributed by atoms with Gasteiger partial charge in [0.15, 0.2) is 0 Å². The fourth-order valence-corrected chi connectivity index (χ4v) is 2.49. The molecule has 0 saturated carbocycles. The maximum absolute atomic E-state index is 13.4. The fraction of sp³-hybridized carbons (Fsp3) is 0.333. The number of rotatable bonds is 6. The molecule has 2 rings (SSSR count). The Kier molecular flexibility index (Phi) is 5.93. The van der Waals surface area contributed by atoms with Crippen molar-refractivity contribution in [3.8, 4) is 0 Å². The third-order valence-corrected chi connectivity index (χ3v) is 3.84. The summed E-state index contributed by atoms with van der Waals surface area (Å²) in [5.74, 6) is -1.42. The molecule has 0 spiro atoms. The molecule has 0 atom stereocenters. The number of amides is 1. The predicted octanol–water partition coefficient (Wildman–Crippen LogP) is 3.13. The number of carbonyl (C=O) groups is 2. The molecule has 0 radical (unpaired) electrons. The lowest BCUT2D eigenvalue weighted by molar-refractivity contribution is 0.0387. The lowest BCUT2D eigenvalue weighted by atomic mass is 10.1. The molecular formula is C18H21FN2O4. The predicted molar refractivity (Wildman–Crippen MR) is 91.5 cm³/mol. The van der Waals surface area contributed by atoms with Gasteiger partial charge in [-0.15, -0.1) is 0 Å². The Hall–Kier alpha value is -2.67. The highest BCUT2D eigenvalue weighted by molar-refractivity contribution is 6.07. The average molecular weight is 348 g/mol. The number of hydrogen-bond acceptors (Lipinski definition) is 4. The molecular weight excluding hydrogens is 327 g/mol. The van der Waals surface area contributed by atoms with E-state index in [1.54, 1.807) is 26.8 Å². The van der Waals surface area contributed by atoms with Crippen molar-refractivity contribution in [3.05, 3.63) is 52.1 Å². The number of benzene rings is 1. The largest absolute Gasteiger partial charge is 0.460 e. The van der Waals surface area contributed by atoms with Crippen LogP contribution >= 0.6 is 0 Å². The molecule has 134 valence electrons. The molecule has 6 nitrogen and oxygen atoms in total. The summed E-state index contributed by atoms with van der Waals surface area (Å²) >= 11 is 0. The topological polar surface area (TPSA) is 80.4 Å². The number of nitrogens with one attached hydrogen (secondary N) is 2. The van der Waals surface area contributed by atoms with Gasteiger partial charge in [-0.2, -0.15) is 0 Å².